The van der Waals surface area contributed by atoms with Gasteiger partial charge in [0.2, 0.25) is 0 Å². The van der Waals surface area contributed by atoms with E-state index in [9.17, 15) is 14.3 Å². The molecule has 3 unspecified atom stereocenters. The van der Waals surface area contributed by atoms with Crippen molar-refractivity contribution in [2.24, 2.45) is 0 Å². The average molecular weight is 332 g/mol. The molecular weight excluding hydrogens is 311 g/mol. The fraction of sp³-hybridized carbons (Fsp3) is 0.389. The third-order valence-corrected chi connectivity index (χ3v) is 4.34. The van der Waals surface area contributed by atoms with Crippen molar-refractivity contribution in [1.29, 1.82) is 0 Å². The van der Waals surface area contributed by atoms with Gasteiger partial charge in [-0.3, -0.25) is 0 Å². The maximum atomic E-state index is 13.7. The smallest absolute Gasteiger partial charge is 0.315 e. The number of rotatable bonds is 5. The minimum atomic E-state index is -0.767. The van der Waals surface area contributed by atoms with Gasteiger partial charge in [-0.15, -0.1) is 0 Å². The summed E-state index contributed by atoms with van der Waals surface area (Å²) in [6, 6.07) is 7.61. The second-order valence-electron chi connectivity index (χ2n) is 6.18. The number of hydrogen-bond donors (Lipinski definition) is 3. The standard InChI is InChI=1S/C18H21FN2O3/c1-11(10-16(22)17-6-3-9-24-17)20-18(23)21-15-8-7-12-13(15)4-2-5-14(12)19/h2-6,9,11,15-16,22H,7-8,10H2,1H3,(H2,20,21,23). The SMILES string of the molecule is CC(CC(O)c1ccco1)NC(=O)NC1CCc2c(F)cccc21. The Kier molecular flexibility index (Phi) is 4.85. The van der Waals surface area contributed by atoms with Crippen molar-refractivity contribution in [3.05, 3.63) is 59.3 Å². The van der Waals surface area contributed by atoms with Gasteiger partial charge in [0.15, 0.2) is 0 Å². The molecule has 0 saturated carbocycles. The highest BCUT2D eigenvalue weighted by molar-refractivity contribution is 5.75. The number of hydrogen-bond acceptors (Lipinski definition) is 3. The van der Waals surface area contributed by atoms with E-state index in [1.165, 1.54) is 12.3 Å². The first-order chi connectivity index (χ1) is 11.5. The van der Waals surface area contributed by atoms with Crippen LogP contribution in [0.5, 0.6) is 0 Å². The third kappa shape index (κ3) is 3.59. The van der Waals surface area contributed by atoms with E-state index in [-0.39, 0.29) is 23.9 Å². The van der Waals surface area contributed by atoms with Gasteiger partial charge in [-0.1, -0.05) is 12.1 Å². The van der Waals surface area contributed by atoms with Crippen LogP contribution in [0, 0.1) is 5.82 Å². The van der Waals surface area contributed by atoms with Crippen LogP contribution in [0.3, 0.4) is 0 Å². The largest absolute Gasteiger partial charge is 0.467 e. The number of carbonyl (C=O) groups is 1. The van der Waals surface area contributed by atoms with Crippen molar-refractivity contribution in [3.63, 3.8) is 0 Å². The van der Waals surface area contributed by atoms with Gasteiger partial charge in [0.1, 0.15) is 17.7 Å². The van der Waals surface area contributed by atoms with E-state index in [1.807, 2.05) is 13.0 Å². The highest BCUT2D eigenvalue weighted by Gasteiger charge is 2.26. The number of urea groups is 1. The molecule has 0 bridgehead atoms. The fourth-order valence-electron chi connectivity index (χ4n) is 3.17. The maximum Gasteiger partial charge on any atom is 0.315 e. The first-order valence-electron chi connectivity index (χ1n) is 8.10. The van der Waals surface area contributed by atoms with Crippen LogP contribution in [0.25, 0.3) is 0 Å². The summed E-state index contributed by atoms with van der Waals surface area (Å²) < 4.78 is 18.9. The predicted octanol–water partition coefficient (Wildman–Crippen LogP) is 3.22. The van der Waals surface area contributed by atoms with Gasteiger partial charge in [-0.2, -0.15) is 0 Å². The molecule has 1 aliphatic carbocycles. The van der Waals surface area contributed by atoms with Gasteiger partial charge < -0.3 is 20.2 Å². The molecule has 1 aromatic heterocycles. The van der Waals surface area contributed by atoms with Gasteiger partial charge >= 0.3 is 6.03 Å². The number of furan rings is 1. The second-order valence-corrected chi connectivity index (χ2v) is 6.18. The Bertz CT molecular complexity index is 702. The number of aliphatic hydroxyl groups excluding tert-OH is 1. The van der Waals surface area contributed by atoms with Crippen molar-refractivity contribution in [1.82, 2.24) is 10.6 Å². The number of fused-ring (bicyclic) bond motifs is 1. The summed E-state index contributed by atoms with van der Waals surface area (Å²) in [6.07, 6.45) is 2.39. The monoisotopic (exact) mass is 332 g/mol. The Hall–Kier alpha value is -2.34. The number of halogens is 1. The molecule has 3 rings (SSSR count). The Morgan fingerprint density at radius 2 is 2.25 bits per heavy atom. The van der Waals surface area contributed by atoms with E-state index >= 15 is 0 Å². The van der Waals surface area contributed by atoms with E-state index in [4.69, 9.17) is 4.42 Å². The molecule has 3 atom stereocenters. The lowest BCUT2D eigenvalue weighted by Gasteiger charge is -2.20. The zero-order valence-electron chi connectivity index (χ0n) is 13.5. The molecule has 2 aromatic rings. The van der Waals surface area contributed by atoms with Crippen molar-refractivity contribution >= 4 is 6.03 Å². The summed E-state index contributed by atoms with van der Waals surface area (Å²) in [5.41, 5.74) is 1.53. The summed E-state index contributed by atoms with van der Waals surface area (Å²) in [5, 5.41) is 15.7. The lowest BCUT2D eigenvalue weighted by atomic mass is 10.1. The van der Waals surface area contributed by atoms with E-state index in [0.717, 1.165) is 5.56 Å². The molecule has 3 N–H and O–H groups in total. The molecule has 1 aliphatic rings. The van der Waals surface area contributed by atoms with Gasteiger partial charge in [0, 0.05) is 12.5 Å². The Morgan fingerprint density at radius 1 is 1.42 bits per heavy atom. The zero-order valence-corrected chi connectivity index (χ0v) is 13.5. The predicted molar refractivity (Wildman–Crippen MR) is 86.9 cm³/mol. The van der Waals surface area contributed by atoms with Crippen molar-refractivity contribution < 1.29 is 18.7 Å². The molecule has 0 saturated heterocycles. The lowest BCUT2D eigenvalue weighted by Crippen LogP contribution is -2.42. The molecule has 5 nitrogen and oxygen atoms in total. The quantitative estimate of drug-likeness (QED) is 0.787. The molecule has 2 amide bonds. The minimum absolute atomic E-state index is 0.183. The second kappa shape index (κ2) is 7.05. The van der Waals surface area contributed by atoms with Crippen LogP contribution in [0.2, 0.25) is 0 Å². The molecule has 1 aromatic carbocycles. The molecule has 0 fully saturated rings. The minimum Gasteiger partial charge on any atom is -0.467 e. The molecule has 6 heteroatoms. The summed E-state index contributed by atoms with van der Waals surface area (Å²) in [6.45, 7) is 1.81. The normalized spacial score (nSPS) is 18.7. The van der Waals surface area contributed by atoms with E-state index in [0.29, 0.717) is 30.6 Å². The third-order valence-electron chi connectivity index (χ3n) is 4.34. The number of benzene rings is 1. The van der Waals surface area contributed by atoms with Gasteiger partial charge in [0.05, 0.1) is 12.3 Å². The van der Waals surface area contributed by atoms with Crippen molar-refractivity contribution in [3.8, 4) is 0 Å². The Labute approximate surface area is 139 Å². The topological polar surface area (TPSA) is 74.5 Å². The molecule has 0 spiro atoms. The van der Waals surface area contributed by atoms with Crippen molar-refractivity contribution in [2.75, 3.05) is 0 Å². The Morgan fingerprint density at radius 3 is 3.00 bits per heavy atom. The molecular formula is C18H21FN2O3. The van der Waals surface area contributed by atoms with Crippen LogP contribution in [0.1, 0.15) is 48.8 Å². The fourth-order valence-corrected chi connectivity index (χ4v) is 3.17. The maximum absolute atomic E-state index is 13.7. The molecule has 0 radical (unpaired) electrons. The highest BCUT2D eigenvalue weighted by Crippen LogP contribution is 2.32. The molecule has 1 heterocycles. The highest BCUT2D eigenvalue weighted by atomic mass is 19.1. The van der Waals surface area contributed by atoms with E-state index in [1.54, 1.807) is 18.2 Å². The lowest BCUT2D eigenvalue weighted by molar-refractivity contribution is 0.129. The number of amides is 2. The van der Waals surface area contributed by atoms with Gasteiger partial charge in [0.25, 0.3) is 0 Å². The zero-order chi connectivity index (χ0) is 17.1. The number of nitrogens with one attached hydrogen (secondary N) is 2. The molecule has 128 valence electrons. The van der Waals surface area contributed by atoms with Crippen LogP contribution in [0.15, 0.2) is 41.0 Å². The first-order valence-corrected chi connectivity index (χ1v) is 8.10. The Balaban J connectivity index is 1.52. The van der Waals surface area contributed by atoms with E-state index in [2.05, 4.69) is 10.6 Å². The van der Waals surface area contributed by atoms with Crippen LogP contribution >= 0.6 is 0 Å². The summed E-state index contributed by atoms with van der Waals surface area (Å²) in [5.74, 6) is 0.261. The summed E-state index contributed by atoms with van der Waals surface area (Å²) in [4.78, 5) is 12.2. The summed E-state index contributed by atoms with van der Waals surface area (Å²) >= 11 is 0. The number of aliphatic hydroxyl groups is 1. The number of carbonyl (C=O) groups excluding carboxylic acids is 1. The first kappa shape index (κ1) is 16.5. The van der Waals surface area contributed by atoms with E-state index < -0.39 is 6.10 Å². The van der Waals surface area contributed by atoms with Crippen LogP contribution in [-0.2, 0) is 6.42 Å². The van der Waals surface area contributed by atoms with Crippen LogP contribution < -0.4 is 10.6 Å². The molecule has 0 aliphatic heterocycles. The van der Waals surface area contributed by atoms with Gasteiger partial charge in [-0.05, 0) is 49.1 Å². The van der Waals surface area contributed by atoms with Crippen LogP contribution in [0.4, 0.5) is 9.18 Å². The summed E-state index contributed by atoms with van der Waals surface area (Å²) in [7, 11) is 0. The average Bonchev–Trinajstić information content (AvgIpc) is 3.18. The molecule has 24 heavy (non-hydrogen) atoms. The van der Waals surface area contributed by atoms with Gasteiger partial charge in [-0.25, -0.2) is 9.18 Å². The van der Waals surface area contributed by atoms with Crippen molar-refractivity contribution in [2.45, 2.75) is 44.4 Å². The van der Waals surface area contributed by atoms with Crippen LogP contribution in [-0.4, -0.2) is 17.2 Å².